The first-order chi connectivity index (χ1) is 6.77. The highest BCUT2D eigenvalue weighted by atomic mass is 16.5. The minimum absolute atomic E-state index is 0.0748. The molecule has 0 amide bonds. The van der Waals surface area contributed by atoms with Gasteiger partial charge < -0.3 is 4.74 Å². The Bertz CT molecular complexity index is 332. The molecule has 0 N–H and O–H groups in total. The summed E-state index contributed by atoms with van der Waals surface area (Å²) in [6.45, 7) is 0.495. The molecule has 1 spiro atoms. The zero-order valence-corrected chi connectivity index (χ0v) is 7.90. The summed E-state index contributed by atoms with van der Waals surface area (Å²) in [6, 6.07) is 0. The fraction of sp³-hybridized carbons (Fsp3) is 0.417. The van der Waals surface area contributed by atoms with Crippen LogP contribution in [0, 0.1) is 23.7 Å². The maximum atomic E-state index is 11.0. The van der Waals surface area contributed by atoms with Crippen molar-refractivity contribution in [3.63, 3.8) is 0 Å². The molecule has 0 radical (unpaired) electrons. The Labute approximate surface area is 83.6 Å². The summed E-state index contributed by atoms with van der Waals surface area (Å²) < 4.78 is 5.04. The van der Waals surface area contributed by atoms with Gasteiger partial charge in [-0.1, -0.05) is 30.2 Å². The lowest BCUT2D eigenvalue weighted by molar-refractivity contribution is -0.143. The number of terminal acetylenes is 1. The summed E-state index contributed by atoms with van der Waals surface area (Å²) >= 11 is 0. The SMILES string of the molecule is C#CCC(=O)OCC1CC12C=CC=C2. The van der Waals surface area contributed by atoms with Gasteiger partial charge in [0, 0.05) is 11.3 Å². The second kappa shape index (κ2) is 3.34. The molecule has 1 atom stereocenters. The molecule has 0 heterocycles. The van der Waals surface area contributed by atoms with E-state index in [1.54, 1.807) is 0 Å². The largest absolute Gasteiger partial charge is 0.465 e. The van der Waals surface area contributed by atoms with E-state index in [2.05, 4.69) is 18.1 Å². The Hall–Kier alpha value is -1.49. The molecule has 2 aliphatic carbocycles. The third kappa shape index (κ3) is 1.58. The highest BCUT2D eigenvalue weighted by Gasteiger charge is 2.51. The van der Waals surface area contributed by atoms with Crippen molar-refractivity contribution >= 4 is 5.97 Å². The average Bonchev–Trinajstić information content (AvgIpc) is 2.58. The maximum absolute atomic E-state index is 11.0. The van der Waals surface area contributed by atoms with Crippen LogP contribution in [0.1, 0.15) is 12.8 Å². The number of hydrogen-bond donors (Lipinski definition) is 0. The van der Waals surface area contributed by atoms with Crippen molar-refractivity contribution < 1.29 is 9.53 Å². The number of carbonyl (C=O) groups excluding carboxylic acids is 1. The fourth-order valence-electron chi connectivity index (χ4n) is 1.84. The normalized spacial score (nSPS) is 24.9. The Balaban J connectivity index is 1.75. The molecule has 72 valence electrons. The smallest absolute Gasteiger partial charge is 0.317 e. The van der Waals surface area contributed by atoms with Crippen LogP contribution >= 0.6 is 0 Å². The standard InChI is InChI=1S/C12H12O2/c1-2-5-11(13)14-9-10-8-12(10)6-3-4-7-12/h1,3-4,6-7,10H,5,8-9H2. The van der Waals surface area contributed by atoms with E-state index in [4.69, 9.17) is 11.2 Å². The lowest BCUT2D eigenvalue weighted by Gasteiger charge is -2.04. The zero-order chi connectivity index (χ0) is 10.0. The average molecular weight is 188 g/mol. The number of ether oxygens (including phenoxy) is 1. The lowest BCUT2D eigenvalue weighted by Crippen LogP contribution is -2.08. The zero-order valence-electron chi connectivity index (χ0n) is 7.90. The molecule has 0 bridgehead atoms. The molecule has 1 fully saturated rings. The maximum Gasteiger partial charge on any atom is 0.317 e. The van der Waals surface area contributed by atoms with Gasteiger partial charge in [0.25, 0.3) is 0 Å². The van der Waals surface area contributed by atoms with E-state index in [1.807, 2.05) is 12.2 Å². The molecule has 0 aliphatic heterocycles. The molecule has 0 aromatic heterocycles. The van der Waals surface area contributed by atoms with E-state index in [9.17, 15) is 4.79 Å². The van der Waals surface area contributed by atoms with Crippen LogP contribution in [0.25, 0.3) is 0 Å². The van der Waals surface area contributed by atoms with Gasteiger partial charge in [-0.15, -0.1) is 6.42 Å². The van der Waals surface area contributed by atoms with Gasteiger partial charge in [-0.2, -0.15) is 0 Å². The van der Waals surface area contributed by atoms with Crippen LogP contribution in [-0.2, 0) is 9.53 Å². The van der Waals surface area contributed by atoms with Crippen molar-refractivity contribution in [2.24, 2.45) is 11.3 Å². The molecule has 2 rings (SSSR count). The second-order valence-corrected chi connectivity index (χ2v) is 3.80. The number of rotatable bonds is 3. The predicted molar refractivity (Wildman–Crippen MR) is 53.2 cm³/mol. The Morgan fingerprint density at radius 3 is 2.93 bits per heavy atom. The van der Waals surface area contributed by atoms with Gasteiger partial charge in [-0.25, -0.2) is 0 Å². The van der Waals surface area contributed by atoms with Crippen molar-refractivity contribution in [2.75, 3.05) is 6.61 Å². The summed E-state index contributed by atoms with van der Waals surface area (Å²) in [7, 11) is 0. The summed E-state index contributed by atoms with van der Waals surface area (Å²) in [5.74, 6) is 2.44. The molecular weight excluding hydrogens is 176 g/mol. The summed E-state index contributed by atoms with van der Waals surface area (Å²) in [5.41, 5.74) is 0.205. The van der Waals surface area contributed by atoms with Crippen LogP contribution in [0.2, 0.25) is 0 Å². The molecule has 2 nitrogen and oxygen atoms in total. The third-order valence-corrected chi connectivity index (χ3v) is 2.82. The van der Waals surface area contributed by atoms with Crippen LogP contribution in [0.15, 0.2) is 24.3 Å². The lowest BCUT2D eigenvalue weighted by atomic mass is 10.1. The Morgan fingerprint density at radius 1 is 1.57 bits per heavy atom. The topological polar surface area (TPSA) is 26.3 Å². The van der Waals surface area contributed by atoms with Gasteiger partial charge in [-0.05, 0) is 6.42 Å². The van der Waals surface area contributed by atoms with Crippen LogP contribution in [0.4, 0.5) is 0 Å². The fourth-order valence-corrected chi connectivity index (χ4v) is 1.84. The van der Waals surface area contributed by atoms with E-state index in [-0.39, 0.29) is 17.8 Å². The molecule has 0 saturated heterocycles. The van der Waals surface area contributed by atoms with Gasteiger partial charge in [0.2, 0.25) is 0 Å². The molecule has 2 heteroatoms. The van der Waals surface area contributed by atoms with Gasteiger partial charge in [0.15, 0.2) is 0 Å². The highest BCUT2D eigenvalue weighted by Crippen LogP contribution is 2.56. The number of esters is 1. The number of allylic oxidation sites excluding steroid dienone is 4. The van der Waals surface area contributed by atoms with E-state index in [1.165, 1.54) is 0 Å². The van der Waals surface area contributed by atoms with Gasteiger partial charge in [-0.3, -0.25) is 4.79 Å². The van der Waals surface area contributed by atoms with Gasteiger partial charge >= 0.3 is 5.97 Å². The van der Waals surface area contributed by atoms with E-state index in [0.717, 1.165) is 6.42 Å². The Morgan fingerprint density at radius 2 is 2.29 bits per heavy atom. The van der Waals surface area contributed by atoms with Crippen molar-refractivity contribution in [1.82, 2.24) is 0 Å². The molecule has 0 aromatic carbocycles. The quantitative estimate of drug-likeness (QED) is 0.497. The molecule has 2 aliphatic rings. The molecule has 1 saturated carbocycles. The van der Waals surface area contributed by atoms with E-state index >= 15 is 0 Å². The molecule has 1 unspecified atom stereocenters. The first-order valence-electron chi connectivity index (χ1n) is 4.73. The van der Waals surface area contributed by atoms with Crippen LogP contribution < -0.4 is 0 Å². The van der Waals surface area contributed by atoms with Gasteiger partial charge in [0.05, 0.1) is 6.61 Å². The monoisotopic (exact) mass is 188 g/mol. The van der Waals surface area contributed by atoms with Crippen molar-refractivity contribution in [2.45, 2.75) is 12.8 Å². The van der Waals surface area contributed by atoms with Crippen LogP contribution in [0.5, 0.6) is 0 Å². The number of hydrogen-bond acceptors (Lipinski definition) is 2. The third-order valence-electron chi connectivity index (χ3n) is 2.82. The first-order valence-corrected chi connectivity index (χ1v) is 4.73. The van der Waals surface area contributed by atoms with Crippen molar-refractivity contribution in [1.29, 1.82) is 0 Å². The predicted octanol–water partition coefficient (Wildman–Crippen LogP) is 1.69. The minimum Gasteiger partial charge on any atom is -0.465 e. The summed E-state index contributed by atoms with van der Waals surface area (Å²) in [4.78, 5) is 11.0. The summed E-state index contributed by atoms with van der Waals surface area (Å²) in [6.07, 6.45) is 14.6. The molecular formula is C12H12O2. The van der Waals surface area contributed by atoms with Crippen molar-refractivity contribution in [3.05, 3.63) is 24.3 Å². The molecule has 0 aromatic rings. The summed E-state index contributed by atoms with van der Waals surface area (Å²) in [5, 5.41) is 0. The van der Waals surface area contributed by atoms with Crippen molar-refractivity contribution in [3.8, 4) is 12.3 Å². The number of carbonyl (C=O) groups is 1. The highest BCUT2D eigenvalue weighted by molar-refractivity contribution is 5.72. The first kappa shape index (κ1) is 9.08. The van der Waals surface area contributed by atoms with Gasteiger partial charge in [0.1, 0.15) is 6.42 Å². The van der Waals surface area contributed by atoms with Crippen LogP contribution in [0.3, 0.4) is 0 Å². The molecule has 14 heavy (non-hydrogen) atoms. The van der Waals surface area contributed by atoms with Crippen LogP contribution in [-0.4, -0.2) is 12.6 Å². The van der Waals surface area contributed by atoms with E-state index < -0.39 is 0 Å². The Kier molecular flexibility index (Phi) is 2.17. The minimum atomic E-state index is -0.291. The second-order valence-electron chi connectivity index (χ2n) is 3.80. The van der Waals surface area contributed by atoms with E-state index in [0.29, 0.717) is 12.5 Å².